The number of phenolic OH excluding ortho intramolecular Hbond substituents is 1. The van der Waals surface area contributed by atoms with E-state index in [-0.39, 0.29) is 11.4 Å². The number of phenols is 1. The molecule has 5 rings (SSSR count). The maximum atomic E-state index is 13.6. The van der Waals surface area contributed by atoms with Gasteiger partial charge in [-0.3, -0.25) is 9.59 Å². The average Bonchev–Trinajstić information content (AvgIpc) is 3.07. The van der Waals surface area contributed by atoms with Crippen LogP contribution in [0.25, 0.3) is 17.0 Å². The van der Waals surface area contributed by atoms with Crippen LogP contribution < -0.4 is 30.5 Å². The lowest BCUT2D eigenvalue weighted by Gasteiger charge is -2.15. The SMILES string of the molecule is COc1cc(OC)c(OC)cc1/C=C(\NC(=O)c1ccccc1)C(=O)Nc1ccc(SCc2cc3ccc(O)cc3oc2=O)cc1. The third-order valence-corrected chi connectivity index (χ3v) is 7.92. The summed E-state index contributed by atoms with van der Waals surface area (Å²) in [6.07, 6.45) is 1.50. The van der Waals surface area contributed by atoms with Gasteiger partial charge in [0.1, 0.15) is 22.8 Å². The molecule has 1 aromatic heterocycles. The number of carbonyl (C=O) groups is 2. The molecule has 4 aromatic carbocycles. The first kappa shape index (κ1) is 31.7. The Morgan fingerprint density at radius 2 is 1.54 bits per heavy atom. The number of hydrogen-bond acceptors (Lipinski definition) is 9. The van der Waals surface area contributed by atoms with Gasteiger partial charge in [0.2, 0.25) is 0 Å². The normalized spacial score (nSPS) is 11.2. The van der Waals surface area contributed by atoms with E-state index in [0.717, 1.165) is 4.90 Å². The molecule has 0 aliphatic rings. The van der Waals surface area contributed by atoms with Crippen molar-refractivity contribution < 1.29 is 33.3 Å². The van der Waals surface area contributed by atoms with E-state index in [4.69, 9.17) is 18.6 Å². The molecule has 0 spiro atoms. The minimum Gasteiger partial charge on any atom is -0.508 e. The molecule has 46 heavy (non-hydrogen) atoms. The Labute approximate surface area is 268 Å². The number of thioether (sulfide) groups is 1. The lowest BCUT2D eigenvalue weighted by atomic mass is 10.1. The van der Waals surface area contributed by atoms with Gasteiger partial charge in [0.25, 0.3) is 11.8 Å². The summed E-state index contributed by atoms with van der Waals surface area (Å²) in [6.45, 7) is 0. The third kappa shape index (κ3) is 7.51. The van der Waals surface area contributed by atoms with Crippen molar-refractivity contribution in [1.82, 2.24) is 5.32 Å². The van der Waals surface area contributed by atoms with Crippen LogP contribution in [-0.4, -0.2) is 38.3 Å². The van der Waals surface area contributed by atoms with E-state index < -0.39 is 17.4 Å². The molecule has 0 aliphatic heterocycles. The zero-order valence-corrected chi connectivity index (χ0v) is 26.0. The Hall–Kier alpha value is -5.68. The van der Waals surface area contributed by atoms with Gasteiger partial charge in [-0.05, 0) is 66.7 Å². The third-order valence-electron chi connectivity index (χ3n) is 6.86. The number of hydrogen-bond donors (Lipinski definition) is 3. The molecule has 0 bridgehead atoms. The van der Waals surface area contributed by atoms with Gasteiger partial charge < -0.3 is 34.4 Å². The summed E-state index contributed by atoms with van der Waals surface area (Å²) in [4.78, 5) is 39.9. The molecule has 0 aliphatic carbocycles. The molecule has 11 heteroatoms. The van der Waals surface area contributed by atoms with Crippen LogP contribution in [0.4, 0.5) is 5.69 Å². The molecule has 0 unspecified atom stereocenters. The number of anilines is 1. The Kier molecular flexibility index (Phi) is 9.94. The summed E-state index contributed by atoms with van der Waals surface area (Å²) in [5.41, 5.74) is 1.62. The van der Waals surface area contributed by atoms with Crippen LogP contribution in [0.3, 0.4) is 0 Å². The molecule has 234 valence electrons. The minimum atomic E-state index is -0.568. The van der Waals surface area contributed by atoms with Crippen molar-refractivity contribution in [1.29, 1.82) is 0 Å². The van der Waals surface area contributed by atoms with Crippen molar-refractivity contribution in [3.63, 3.8) is 0 Å². The van der Waals surface area contributed by atoms with Gasteiger partial charge >= 0.3 is 5.63 Å². The molecule has 1 heterocycles. The summed E-state index contributed by atoms with van der Waals surface area (Å²) in [5, 5.41) is 15.9. The van der Waals surface area contributed by atoms with Crippen LogP contribution in [0.1, 0.15) is 21.5 Å². The zero-order chi connectivity index (χ0) is 32.6. The van der Waals surface area contributed by atoms with Crippen LogP contribution >= 0.6 is 11.8 Å². The number of rotatable bonds is 11. The number of fused-ring (bicyclic) bond motifs is 1. The molecular weight excluding hydrogens is 608 g/mol. The van der Waals surface area contributed by atoms with Crippen molar-refractivity contribution in [3.05, 3.63) is 124 Å². The predicted octanol–water partition coefficient (Wildman–Crippen LogP) is 6.23. The van der Waals surface area contributed by atoms with Gasteiger partial charge in [-0.1, -0.05) is 18.2 Å². The number of methoxy groups -OCH3 is 3. The summed E-state index contributed by atoms with van der Waals surface area (Å²) in [6, 6.07) is 25.2. The predicted molar refractivity (Wildman–Crippen MR) is 177 cm³/mol. The molecule has 2 amide bonds. The highest BCUT2D eigenvalue weighted by Crippen LogP contribution is 2.36. The van der Waals surface area contributed by atoms with E-state index in [1.807, 2.05) is 12.1 Å². The molecule has 0 saturated heterocycles. The number of nitrogens with one attached hydrogen (secondary N) is 2. The summed E-state index contributed by atoms with van der Waals surface area (Å²) >= 11 is 1.43. The van der Waals surface area contributed by atoms with E-state index in [0.29, 0.717) is 56.3 Å². The maximum absolute atomic E-state index is 13.6. The van der Waals surface area contributed by atoms with Gasteiger partial charge in [-0.25, -0.2) is 4.79 Å². The first-order valence-electron chi connectivity index (χ1n) is 14.0. The van der Waals surface area contributed by atoms with E-state index in [9.17, 15) is 19.5 Å². The first-order valence-corrected chi connectivity index (χ1v) is 14.9. The average molecular weight is 639 g/mol. The standard InChI is InChI=1S/C35H30N2O8S/c1-42-29-19-32(44-3)31(43-2)17-23(29)16-28(37-33(39)21-7-5-4-6-8-21)34(40)36-25-10-13-27(14-11-25)46-20-24-15-22-9-12-26(38)18-30(22)45-35(24)41/h4-19,38H,20H2,1-3H3,(H,36,40)(H,37,39)/b28-16-. The van der Waals surface area contributed by atoms with Crippen molar-refractivity contribution in [3.8, 4) is 23.0 Å². The van der Waals surface area contributed by atoms with Crippen LogP contribution in [0.5, 0.6) is 23.0 Å². The highest BCUT2D eigenvalue weighted by Gasteiger charge is 2.18. The number of aromatic hydroxyl groups is 1. The fourth-order valence-corrected chi connectivity index (χ4v) is 5.35. The number of benzene rings is 4. The molecule has 3 N–H and O–H groups in total. The Bertz CT molecular complexity index is 1970. The number of ether oxygens (including phenoxy) is 3. The highest BCUT2D eigenvalue weighted by molar-refractivity contribution is 7.98. The van der Waals surface area contributed by atoms with Crippen LogP contribution in [0, 0.1) is 0 Å². The lowest BCUT2D eigenvalue weighted by molar-refractivity contribution is -0.113. The van der Waals surface area contributed by atoms with E-state index in [1.54, 1.807) is 66.7 Å². The van der Waals surface area contributed by atoms with Crippen molar-refractivity contribution in [2.24, 2.45) is 0 Å². The maximum Gasteiger partial charge on any atom is 0.340 e. The molecule has 5 aromatic rings. The number of amides is 2. The summed E-state index contributed by atoms with van der Waals surface area (Å²) in [7, 11) is 4.48. The molecule has 0 fully saturated rings. The Morgan fingerprint density at radius 3 is 2.24 bits per heavy atom. The van der Waals surface area contributed by atoms with Gasteiger partial charge in [0, 0.05) is 50.5 Å². The van der Waals surface area contributed by atoms with Crippen LogP contribution in [0.2, 0.25) is 0 Å². The van der Waals surface area contributed by atoms with Crippen LogP contribution in [-0.2, 0) is 10.5 Å². The second-order valence-corrected chi connectivity index (χ2v) is 10.9. The van der Waals surface area contributed by atoms with Crippen LogP contribution in [0.15, 0.2) is 111 Å². The fourth-order valence-electron chi connectivity index (χ4n) is 4.50. The van der Waals surface area contributed by atoms with Gasteiger partial charge in [-0.2, -0.15) is 0 Å². The molecular formula is C35H30N2O8S. The van der Waals surface area contributed by atoms with Gasteiger partial charge in [0.15, 0.2) is 11.5 Å². The highest BCUT2D eigenvalue weighted by atomic mass is 32.2. The number of carbonyl (C=O) groups excluding carboxylic acids is 2. The molecule has 0 saturated carbocycles. The van der Waals surface area contributed by atoms with E-state index in [1.165, 1.54) is 51.3 Å². The van der Waals surface area contributed by atoms with Gasteiger partial charge in [-0.15, -0.1) is 11.8 Å². The smallest absolute Gasteiger partial charge is 0.340 e. The second kappa shape index (κ2) is 14.4. The Balaban J connectivity index is 1.35. The molecule has 0 radical (unpaired) electrons. The Morgan fingerprint density at radius 1 is 0.848 bits per heavy atom. The second-order valence-electron chi connectivity index (χ2n) is 9.88. The van der Waals surface area contributed by atoms with Gasteiger partial charge in [0.05, 0.1) is 21.3 Å². The topological polar surface area (TPSA) is 136 Å². The zero-order valence-electron chi connectivity index (χ0n) is 25.2. The minimum absolute atomic E-state index is 0.0202. The van der Waals surface area contributed by atoms with Crippen molar-refractivity contribution in [2.75, 3.05) is 26.6 Å². The fraction of sp³-hybridized carbons (Fsp3) is 0.114. The quantitative estimate of drug-likeness (QED) is 0.0874. The lowest BCUT2D eigenvalue weighted by Crippen LogP contribution is -2.30. The summed E-state index contributed by atoms with van der Waals surface area (Å²) in [5.74, 6) is 0.595. The largest absolute Gasteiger partial charge is 0.508 e. The molecule has 0 atom stereocenters. The first-order chi connectivity index (χ1) is 22.3. The molecule has 10 nitrogen and oxygen atoms in total. The van der Waals surface area contributed by atoms with Crippen molar-refractivity contribution >= 4 is 46.3 Å². The van der Waals surface area contributed by atoms with E-state index >= 15 is 0 Å². The van der Waals surface area contributed by atoms with E-state index in [2.05, 4.69) is 10.6 Å². The monoisotopic (exact) mass is 638 g/mol. The summed E-state index contributed by atoms with van der Waals surface area (Å²) < 4.78 is 21.7. The van der Waals surface area contributed by atoms with Crippen molar-refractivity contribution in [2.45, 2.75) is 10.6 Å².